The summed E-state index contributed by atoms with van der Waals surface area (Å²) in [6.07, 6.45) is 0.911. The zero-order valence-corrected chi connectivity index (χ0v) is 13.5. The highest BCUT2D eigenvalue weighted by molar-refractivity contribution is 5.98. The SMILES string of the molecule is O=C1Nc2ccccc2-n2nnnc2C1N1CCc2ccccc2C1. The fourth-order valence-electron chi connectivity index (χ4n) is 3.69. The van der Waals surface area contributed by atoms with Gasteiger partial charge in [-0.15, -0.1) is 5.10 Å². The second-order valence-corrected chi connectivity index (χ2v) is 6.35. The Morgan fingerprint density at radius 2 is 1.84 bits per heavy atom. The molecule has 0 bridgehead atoms. The van der Waals surface area contributed by atoms with Crippen molar-refractivity contribution in [2.24, 2.45) is 0 Å². The molecule has 2 aliphatic rings. The molecule has 1 amide bonds. The Morgan fingerprint density at radius 3 is 2.76 bits per heavy atom. The van der Waals surface area contributed by atoms with Crippen molar-refractivity contribution in [1.29, 1.82) is 0 Å². The Kier molecular flexibility index (Phi) is 3.14. The molecule has 3 aromatic rings. The molecule has 25 heavy (non-hydrogen) atoms. The molecule has 0 radical (unpaired) electrons. The van der Waals surface area contributed by atoms with E-state index in [-0.39, 0.29) is 5.91 Å². The average Bonchev–Trinajstić information content (AvgIpc) is 3.07. The van der Waals surface area contributed by atoms with Gasteiger partial charge in [0.15, 0.2) is 11.9 Å². The van der Waals surface area contributed by atoms with Gasteiger partial charge in [-0.05, 0) is 40.1 Å². The Morgan fingerprint density at radius 1 is 1.04 bits per heavy atom. The van der Waals surface area contributed by atoms with Gasteiger partial charge in [-0.2, -0.15) is 4.68 Å². The Bertz CT molecular complexity index is 965. The predicted molar refractivity (Wildman–Crippen MR) is 91.1 cm³/mol. The molecular weight excluding hydrogens is 316 g/mol. The second kappa shape index (κ2) is 5.49. The number of nitrogens with zero attached hydrogens (tertiary/aromatic N) is 5. The van der Waals surface area contributed by atoms with E-state index in [1.54, 1.807) is 4.68 Å². The summed E-state index contributed by atoms with van der Waals surface area (Å²) in [4.78, 5) is 15.1. The largest absolute Gasteiger partial charge is 0.322 e. The minimum Gasteiger partial charge on any atom is -0.322 e. The van der Waals surface area contributed by atoms with Crippen LogP contribution in [0.5, 0.6) is 0 Å². The average molecular weight is 332 g/mol. The molecule has 1 unspecified atom stereocenters. The summed E-state index contributed by atoms with van der Waals surface area (Å²) in [5, 5.41) is 15.1. The number of rotatable bonds is 1. The van der Waals surface area contributed by atoms with Crippen LogP contribution in [0.25, 0.3) is 5.69 Å². The topological polar surface area (TPSA) is 75.9 Å². The monoisotopic (exact) mass is 332 g/mol. The molecule has 5 rings (SSSR count). The van der Waals surface area contributed by atoms with Crippen molar-refractivity contribution in [3.05, 3.63) is 65.5 Å². The zero-order chi connectivity index (χ0) is 16.8. The van der Waals surface area contributed by atoms with E-state index in [4.69, 9.17) is 0 Å². The van der Waals surface area contributed by atoms with E-state index < -0.39 is 6.04 Å². The summed E-state index contributed by atoms with van der Waals surface area (Å²) < 4.78 is 1.67. The van der Waals surface area contributed by atoms with Crippen molar-refractivity contribution in [2.45, 2.75) is 19.0 Å². The number of tetrazole rings is 1. The highest BCUT2D eigenvalue weighted by Gasteiger charge is 2.37. The van der Waals surface area contributed by atoms with Crippen LogP contribution in [0.2, 0.25) is 0 Å². The first kappa shape index (κ1) is 14.3. The number of aromatic nitrogens is 4. The number of amides is 1. The minimum absolute atomic E-state index is 0.0969. The molecule has 2 aliphatic heterocycles. The number of carbonyl (C=O) groups excluding carboxylic acids is 1. The highest BCUT2D eigenvalue weighted by atomic mass is 16.2. The summed E-state index contributed by atoms with van der Waals surface area (Å²) in [5.74, 6) is 0.460. The lowest BCUT2D eigenvalue weighted by molar-refractivity contribution is -0.122. The lowest BCUT2D eigenvalue weighted by atomic mass is 9.98. The van der Waals surface area contributed by atoms with Crippen molar-refractivity contribution in [1.82, 2.24) is 25.1 Å². The third-order valence-electron chi connectivity index (χ3n) is 4.90. The maximum absolute atomic E-state index is 13.0. The van der Waals surface area contributed by atoms with Crippen LogP contribution < -0.4 is 5.32 Å². The molecule has 7 nitrogen and oxygen atoms in total. The van der Waals surface area contributed by atoms with Crippen LogP contribution in [0.15, 0.2) is 48.5 Å². The van der Waals surface area contributed by atoms with Crippen molar-refractivity contribution < 1.29 is 4.79 Å². The number of anilines is 1. The van der Waals surface area contributed by atoms with Crippen molar-refractivity contribution in [2.75, 3.05) is 11.9 Å². The quantitative estimate of drug-likeness (QED) is 0.734. The first-order valence-corrected chi connectivity index (χ1v) is 8.30. The maximum Gasteiger partial charge on any atom is 0.249 e. The molecule has 0 aliphatic carbocycles. The molecule has 2 aromatic carbocycles. The fraction of sp³-hybridized carbons (Fsp3) is 0.222. The van der Waals surface area contributed by atoms with Crippen molar-refractivity contribution >= 4 is 11.6 Å². The van der Waals surface area contributed by atoms with E-state index in [1.807, 2.05) is 30.3 Å². The van der Waals surface area contributed by atoms with Crippen LogP contribution in [0, 0.1) is 0 Å². The van der Waals surface area contributed by atoms with Gasteiger partial charge in [0.1, 0.15) is 0 Å². The van der Waals surface area contributed by atoms with Gasteiger partial charge >= 0.3 is 0 Å². The molecular formula is C18H16N6O. The normalized spacial score (nSPS) is 19.4. The van der Waals surface area contributed by atoms with Gasteiger partial charge in [0.2, 0.25) is 5.91 Å². The molecule has 124 valence electrons. The standard InChI is InChI=1S/C18H16N6O/c25-18-16(23-10-9-12-5-1-2-6-13(12)11-23)17-20-21-22-24(17)15-8-4-3-7-14(15)19-18/h1-8,16H,9-11H2,(H,19,25). The summed E-state index contributed by atoms with van der Waals surface area (Å²) in [5.41, 5.74) is 4.11. The van der Waals surface area contributed by atoms with E-state index in [9.17, 15) is 4.79 Å². The smallest absolute Gasteiger partial charge is 0.249 e. The van der Waals surface area contributed by atoms with Gasteiger partial charge in [0.05, 0.1) is 11.4 Å². The third-order valence-corrected chi connectivity index (χ3v) is 4.90. The molecule has 1 N–H and O–H groups in total. The van der Waals surface area contributed by atoms with Gasteiger partial charge in [-0.25, -0.2) is 0 Å². The zero-order valence-electron chi connectivity index (χ0n) is 13.5. The van der Waals surface area contributed by atoms with E-state index in [0.717, 1.165) is 24.3 Å². The van der Waals surface area contributed by atoms with Crippen LogP contribution in [-0.4, -0.2) is 37.6 Å². The Labute approximate surface area is 144 Å². The Balaban J connectivity index is 1.58. The first-order valence-electron chi connectivity index (χ1n) is 8.30. The fourth-order valence-corrected chi connectivity index (χ4v) is 3.69. The lowest BCUT2D eigenvalue weighted by Crippen LogP contribution is -2.40. The number of benzene rings is 2. The van der Waals surface area contributed by atoms with Crippen molar-refractivity contribution in [3.8, 4) is 5.69 Å². The van der Waals surface area contributed by atoms with Gasteiger partial charge < -0.3 is 5.32 Å². The van der Waals surface area contributed by atoms with Gasteiger partial charge in [-0.1, -0.05) is 36.4 Å². The summed E-state index contributed by atoms with van der Waals surface area (Å²) in [6, 6.07) is 15.4. The highest BCUT2D eigenvalue weighted by Crippen LogP contribution is 2.33. The van der Waals surface area contributed by atoms with E-state index in [1.165, 1.54) is 11.1 Å². The van der Waals surface area contributed by atoms with Crippen LogP contribution in [0.4, 0.5) is 5.69 Å². The molecule has 1 atom stereocenters. The van der Waals surface area contributed by atoms with Gasteiger partial charge in [0.25, 0.3) is 0 Å². The molecule has 0 spiro atoms. The number of hydrogen-bond donors (Lipinski definition) is 1. The summed E-state index contributed by atoms with van der Waals surface area (Å²) in [7, 11) is 0. The molecule has 0 saturated heterocycles. The number of nitrogens with one attached hydrogen (secondary N) is 1. The molecule has 1 aromatic heterocycles. The van der Waals surface area contributed by atoms with E-state index in [2.05, 4.69) is 43.9 Å². The summed E-state index contributed by atoms with van der Waals surface area (Å²) in [6.45, 7) is 1.50. The van der Waals surface area contributed by atoms with E-state index >= 15 is 0 Å². The number of fused-ring (bicyclic) bond motifs is 4. The number of carbonyl (C=O) groups is 1. The van der Waals surface area contributed by atoms with Gasteiger partial charge in [-0.3, -0.25) is 9.69 Å². The van der Waals surface area contributed by atoms with Crippen LogP contribution in [-0.2, 0) is 17.8 Å². The lowest BCUT2D eigenvalue weighted by Gasteiger charge is -2.33. The number of para-hydroxylation sites is 2. The molecule has 7 heteroatoms. The second-order valence-electron chi connectivity index (χ2n) is 6.35. The maximum atomic E-state index is 13.0. The van der Waals surface area contributed by atoms with Crippen LogP contribution in [0.1, 0.15) is 23.0 Å². The number of hydrogen-bond acceptors (Lipinski definition) is 5. The van der Waals surface area contributed by atoms with Crippen LogP contribution >= 0.6 is 0 Å². The Hall–Kier alpha value is -3.06. The molecule has 3 heterocycles. The summed E-state index contributed by atoms with van der Waals surface area (Å²) >= 11 is 0. The van der Waals surface area contributed by atoms with Crippen LogP contribution in [0.3, 0.4) is 0 Å². The van der Waals surface area contributed by atoms with E-state index in [0.29, 0.717) is 12.4 Å². The predicted octanol–water partition coefficient (Wildman–Crippen LogP) is 1.71. The molecule has 0 fully saturated rings. The molecule has 0 saturated carbocycles. The van der Waals surface area contributed by atoms with Crippen molar-refractivity contribution in [3.63, 3.8) is 0 Å². The minimum atomic E-state index is -0.518. The van der Waals surface area contributed by atoms with Gasteiger partial charge in [0, 0.05) is 13.1 Å². The third kappa shape index (κ3) is 2.24. The first-order chi connectivity index (χ1) is 12.3.